The highest BCUT2D eigenvalue weighted by molar-refractivity contribution is 5.95. The number of ether oxygens (including phenoxy) is 1. The second kappa shape index (κ2) is 7.04. The third kappa shape index (κ3) is 3.83. The zero-order valence-electron chi connectivity index (χ0n) is 12.3. The Bertz CT molecular complexity index is 625. The number of hydrogen-bond acceptors (Lipinski definition) is 4. The summed E-state index contributed by atoms with van der Waals surface area (Å²) in [6, 6.07) is 11.2. The summed E-state index contributed by atoms with van der Waals surface area (Å²) in [5, 5.41) is 6.12. The zero-order valence-corrected chi connectivity index (χ0v) is 12.3. The number of carbonyl (C=O) groups excluding carboxylic acids is 1. The first kappa shape index (κ1) is 14.5. The molecule has 0 radical (unpaired) electrons. The molecule has 1 atom stereocenters. The average Bonchev–Trinajstić information content (AvgIpc) is 3.09. The van der Waals surface area contributed by atoms with Gasteiger partial charge in [-0.15, -0.1) is 0 Å². The van der Waals surface area contributed by atoms with Crippen LogP contribution in [0.2, 0.25) is 0 Å². The maximum absolute atomic E-state index is 12.1. The van der Waals surface area contributed by atoms with Gasteiger partial charge in [-0.25, -0.2) is 0 Å². The summed E-state index contributed by atoms with van der Waals surface area (Å²) in [6.45, 7) is 1.36. The number of amides is 1. The predicted molar refractivity (Wildman–Crippen MR) is 84.7 cm³/mol. The quantitative estimate of drug-likeness (QED) is 0.889. The van der Waals surface area contributed by atoms with Crippen LogP contribution in [-0.2, 0) is 11.4 Å². The number of carbonyl (C=O) groups is 1. The van der Waals surface area contributed by atoms with E-state index < -0.39 is 0 Å². The molecule has 1 saturated heterocycles. The molecule has 0 bridgehead atoms. The Kier molecular flexibility index (Phi) is 4.65. The molecule has 1 aliphatic rings. The van der Waals surface area contributed by atoms with Gasteiger partial charge >= 0.3 is 0 Å². The Balaban J connectivity index is 1.58. The minimum atomic E-state index is -0.0834. The number of rotatable bonds is 5. The fourth-order valence-corrected chi connectivity index (χ4v) is 2.45. The maximum Gasteiger partial charge on any atom is 0.241 e. The fraction of sp³-hybridized carbons (Fsp3) is 0.294. The van der Waals surface area contributed by atoms with E-state index in [4.69, 9.17) is 4.74 Å². The predicted octanol–water partition coefficient (Wildman–Crippen LogP) is 2.35. The maximum atomic E-state index is 12.1. The number of pyridine rings is 1. The third-order valence-electron chi connectivity index (χ3n) is 3.61. The molecule has 1 amide bonds. The smallest absolute Gasteiger partial charge is 0.241 e. The number of aromatic nitrogens is 1. The summed E-state index contributed by atoms with van der Waals surface area (Å²) in [5.41, 5.74) is 1.76. The largest absolute Gasteiger partial charge is 0.489 e. The van der Waals surface area contributed by atoms with E-state index in [1.165, 1.54) is 0 Å². The molecule has 2 N–H and O–H groups in total. The molecule has 22 heavy (non-hydrogen) atoms. The van der Waals surface area contributed by atoms with E-state index in [9.17, 15) is 4.79 Å². The molecule has 1 unspecified atom stereocenters. The minimum Gasteiger partial charge on any atom is -0.489 e. The number of nitrogens with zero attached hydrogens (tertiary/aromatic N) is 1. The van der Waals surface area contributed by atoms with E-state index in [-0.39, 0.29) is 11.9 Å². The van der Waals surface area contributed by atoms with Gasteiger partial charge in [0.05, 0.1) is 6.04 Å². The van der Waals surface area contributed by atoms with E-state index in [0.717, 1.165) is 36.4 Å². The molecule has 1 fully saturated rings. The Morgan fingerprint density at radius 1 is 1.36 bits per heavy atom. The number of nitrogens with one attached hydrogen (secondary N) is 2. The number of hydrogen-bond donors (Lipinski definition) is 2. The Labute approximate surface area is 129 Å². The standard InChI is InChI=1S/C17H19N3O2/c21-17(16-7-3-9-19-16)20-14-5-1-6-15(10-14)22-12-13-4-2-8-18-11-13/h1-2,4-6,8,10-11,16,19H,3,7,9,12H2,(H,20,21). The van der Waals surface area contributed by atoms with Crippen molar-refractivity contribution in [2.24, 2.45) is 0 Å². The van der Waals surface area contributed by atoms with Crippen LogP contribution in [0.4, 0.5) is 5.69 Å². The Morgan fingerprint density at radius 3 is 3.09 bits per heavy atom. The van der Waals surface area contributed by atoms with Gasteiger partial charge in [-0.1, -0.05) is 12.1 Å². The van der Waals surface area contributed by atoms with Gasteiger partial charge in [-0.05, 0) is 37.6 Å². The summed E-state index contributed by atoms with van der Waals surface area (Å²) in [5.74, 6) is 0.739. The van der Waals surface area contributed by atoms with Crippen molar-refractivity contribution in [2.75, 3.05) is 11.9 Å². The average molecular weight is 297 g/mol. The van der Waals surface area contributed by atoms with Crippen LogP contribution in [-0.4, -0.2) is 23.5 Å². The van der Waals surface area contributed by atoms with Gasteiger partial charge in [0.1, 0.15) is 12.4 Å². The van der Waals surface area contributed by atoms with Crippen molar-refractivity contribution in [2.45, 2.75) is 25.5 Å². The first-order valence-electron chi connectivity index (χ1n) is 7.47. The minimum absolute atomic E-state index is 0.0157. The highest BCUT2D eigenvalue weighted by atomic mass is 16.5. The van der Waals surface area contributed by atoms with Crippen LogP contribution in [0.25, 0.3) is 0 Å². The lowest BCUT2D eigenvalue weighted by Crippen LogP contribution is -2.35. The molecule has 0 spiro atoms. The topological polar surface area (TPSA) is 63.2 Å². The van der Waals surface area contributed by atoms with Crippen LogP contribution < -0.4 is 15.4 Å². The molecule has 1 aliphatic heterocycles. The van der Waals surface area contributed by atoms with Crippen molar-refractivity contribution in [3.8, 4) is 5.75 Å². The monoisotopic (exact) mass is 297 g/mol. The van der Waals surface area contributed by atoms with Gasteiger partial charge < -0.3 is 15.4 Å². The highest BCUT2D eigenvalue weighted by Crippen LogP contribution is 2.19. The highest BCUT2D eigenvalue weighted by Gasteiger charge is 2.21. The molecule has 5 nitrogen and oxygen atoms in total. The molecule has 114 valence electrons. The summed E-state index contributed by atoms with van der Waals surface area (Å²) in [4.78, 5) is 16.1. The molecule has 0 aliphatic carbocycles. The van der Waals surface area contributed by atoms with Gasteiger partial charge in [0.15, 0.2) is 0 Å². The van der Waals surface area contributed by atoms with Gasteiger partial charge in [0.2, 0.25) is 5.91 Å². The molecule has 0 saturated carbocycles. The van der Waals surface area contributed by atoms with Gasteiger partial charge in [0, 0.05) is 29.7 Å². The van der Waals surface area contributed by atoms with Crippen LogP contribution in [0, 0.1) is 0 Å². The van der Waals surface area contributed by atoms with Gasteiger partial charge in [-0.3, -0.25) is 9.78 Å². The van der Waals surface area contributed by atoms with E-state index in [1.807, 2.05) is 36.4 Å². The van der Waals surface area contributed by atoms with Crippen molar-refractivity contribution in [3.63, 3.8) is 0 Å². The van der Waals surface area contributed by atoms with Crippen molar-refractivity contribution < 1.29 is 9.53 Å². The molecule has 2 heterocycles. The molecule has 2 aromatic rings. The van der Waals surface area contributed by atoms with E-state index >= 15 is 0 Å². The second-order valence-electron chi connectivity index (χ2n) is 5.32. The van der Waals surface area contributed by atoms with Crippen molar-refractivity contribution in [3.05, 3.63) is 54.4 Å². The Morgan fingerprint density at radius 2 is 2.32 bits per heavy atom. The zero-order chi connectivity index (χ0) is 15.2. The first-order chi connectivity index (χ1) is 10.8. The van der Waals surface area contributed by atoms with E-state index in [1.54, 1.807) is 12.4 Å². The van der Waals surface area contributed by atoms with Gasteiger partial charge in [0.25, 0.3) is 0 Å². The lowest BCUT2D eigenvalue weighted by Gasteiger charge is -2.12. The third-order valence-corrected chi connectivity index (χ3v) is 3.61. The lowest BCUT2D eigenvalue weighted by atomic mass is 10.2. The van der Waals surface area contributed by atoms with Crippen LogP contribution in [0.5, 0.6) is 5.75 Å². The van der Waals surface area contributed by atoms with Crippen molar-refractivity contribution in [1.29, 1.82) is 0 Å². The fourth-order valence-electron chi connectivity index (χ4n) is 2.45. The molecule has 3 rings (SSSR count). The Hall–Kier alpha value is -2.40. The van der Waals surface area contributed by atoms with Crippen LogP contribution in [0.1, 0.15) is 18.4 Å². The molecule has 5 heteroatoms. The van der Waals surface area contributed by atoms with Crippen LogP contribution >= 0.6 is 0 Å². The molecule has 1 aromatic heterocycles. The SMILES string of the molecule is O=C(Nc1cccc(OCc2cccnc2)c1)C1CCCN1. The van der Waals surface area contributed by atoms with Crippen LogP contribution in [0.15, 0.2) is 48.8 Å². The normalized spacial score (nSPS) is 17.2. The summed E-state index contributed by atoms with van der Waals surface area (Å²) in [6.07, 6.45) is 5.45. The number of benzene rings is 1. The van der Waals surface area contributed by atoms with Crippen molar-refractivity contribution in [1.82, 2.24) is 10.3 Å². The first-order valence-corrected chi connectivity index (χ1v) is 7.47. The van der Waals surface area contributed by atoms with E-state index in [2.05, 4.69) is 15.6 Å². The summed E-state index contributed by atoms with van der Waals surface area (Å²) in [7, 11) is 0. The van der Waals surface area contributed by atoms with Crippen LogP contribution in [0.3, 0.4) is 0 Å². The second-order valence-corrected chi connectivity index (χ2v) is 5.32. The number of anilines is 1. The molecule has 1 aromatic carbocycles. The van der Waals surface area contributed by atoms with Crippen molar-refractivity contribution >= 4 is 11.6 Å². The lowest BCUT2D eigenvalue weighted by molar-refractivity contribution is -0.117. The molecular formula is C17H19N3O2. The summed E-state index contributed by atoms with van der Waals surface area (Å²) >= 11 is 0. The summed E-state index contributed by atoms with van der Waals surface area (Å²) < 4.78 is 5.73. The van der Waals surface area contributed by atoms with E-state index in [0.29, 0.717) is 6.61 Å². The van der Waals surface area contributed by atoms with Gasteiger partial charge in [-0.2, -0.15) is 0 Å². The molecular weight excluding hydrogens is 278 g/mol.